The van der Waals surface area contributed by atoms with Crippen LogP contribution in [-0.4, -0.2) is 55.5 Å². The minimum absolute atomic E-state index is 0.142. The van der Waals surface area contributed by atoms with E-state index in [1.807, 2.05) is 4.57 Å². The average Bonchev–Trinajstić information content (AvgIpc) is 3.27. The topological polar surface area (TPSA) is 107 Å². The third-order valence-electron chi connectivity index (χ3n) is 7.28. The molecule has 2 aliphatic heterocycles. The Morgan fingerprint density at radius 1 is 0.971 bits per heavy atom. The van der Waals surface area contributed by atoms with Crippen LogP contribution in [0.25, 0.3) is 11.2 Å². The molecule has 3 atom stereocenters. The lowest BCUT2D eigenvalue weighted by Gasteiger charge is -2.51. The van der Waals surface area contributed by atoms with E-state index in [1.54, 1.807) is 0 Å². The maximum atomic E-state index is 7.27. The van der Waals surface area contributed by atoms with Crippen LogP contribution in [0.4, 0.5) is 5.82 Å². The van der Waals surface area contributed by atoms with Crippen LogP contribution in [0.15, 0.2) is 11.1 Å². The molecule has 2 aromatic heterocycles. The summed E-state index contributed by atoms with van der Waals surface area (Å²) in [4.78, 5) is 13.0. The van der Waals surface area contributed by atoms with Crippen LogP contribution < -0.4 is 5.73 Å². The van der Waals surface area contributed by atoms with Crippen molar-refractivity contribution in [2.45, 2.75) is 102 Å². The number of aromatic nitrogens is 4. The first kappa shape index (κ1) is 26.2. The van der Waals surface area contributed by atoms with Crippen LogP contribution in [0, 0.1) is 0 Å². The van der Waals surface area contributed by atoms with E-state index in [0.29, 0.717) is 45.8 Å². The lowest BCUT2D eigenvalue weighted by Crippen LogP contribution is -2.65. The molecule has 2 aliphatic rings. The van der Waals surface area contributed by atoms with E-state index in [-0.39, 0.29) is 29.5 Å². The Kier molecular flexibility index (Phi) is 7.33. The average molecular weight is 573 g/mol. The highest BCUT2D eigenvalue weighted by molar-refractivity contribution is 9.10. The minimum Gasteiger partial charge on any atom is -0.414 e. The fourth-order valence-corrected chi connectivity index (χ4v) is 17.2. The standard InChI is InChI=1S/C22H38BrN5O4Si2/c1-12(2)33(13(3)4)29-10-17-16(31-34(32-33,14(5)6)15(7)8)9-18(30-17)28-21-19(27-22(28)23)20(24)25-11-26-21/h11-18H,9-10H2,1-8H3,(H2,24,25,26)/t16-,17-,18-/m1/s1. The fraction of sp³-hybridized carbons (Fsp3) is 0.773. The van der Waals surface area contributed by atoms with Gasteiger partial charge in [0, 0.05) is 6.42 Å². The quantitative estimate of drug-likeness (QED) is 0.374. The zero-order valence-corrected chi connectivity index (χ0v) is 25.0. The number of hydrogen-bond donors (Lipinski definition) is 1. The fourth-order valence-electron chi connectivity index (χ4n) is 5.45. The highest BCUT2D eigenvalue weighted by atomic mass is 79.9. The molecule has 0 amide bonds. The van der Waals surface area contributed by atoms with Crippen molar-refractivity contribution in [1.29, 1.82) is 0 Å². The summed E-state index contributed by atoms with van der Waals surface area (Å²) in [6.45, 7) is 18.3. The van der Waals surface area contributed by atoms with Crippen molar-refractivity contribution in [3.63, 3.8) is 0 Å². The van der Waals surface area contributed by atoms with Gasteiger partial charge in [0.2, 0.25) is 0 Å². The molecule has 0 spiro atoms. The summed E-state index contributed by atoms with van der Waals surface area (Å²) in [6.07, 6.45) is 1.44. The maximum Gasteiger partial charge on any atom is 0.335 e. The third kappa shape index (κ3) is 4.18. The van der Waals surface area contributed by atoms with Crippen LogP contribution in [-0.2, 0) is 17.7 Å². The molecule has 0 aliphatic carbocycles. The van der Waals surface area contributed by atoms with Gasteiger partial charge in [-0.25, -0.2) is 15.0 Å². The number of hydrogen-bond acceptors (Lipinski definition) is 8. The Labute approximate surface area is 212 Å². The number of nitrogens with zero attached hydrogens (tertiary/aromatic N) is 4. The normalized spacial score (nSPS) is 27.0. The number of fused-ring (bicyclic) bond motifs is 2. The van der Waals surface area contributed by atoms with Gasteiger partial charge in [-0.15, -0.1) is 0 Å². The molecule has 4 rings (SSSR count). The van der Waals surface area contributed by atoms with Gasteiger partial charge in [0.05, 0.1) is 12.7 Å². The molecule has 0 bridgehead atoms. The smallest absolute Gasteiger partial charge is 0.335 e. The summed E-state index contributed by atoms with van der Waals surface area (Å²) in [6, 6.07) is 0. The molecule has 2 aromatic rings. The van der Waals surface area contributed by atoms with Crippen LogP contribution in [0.2, 0.25) is 22.2 Å². The second-order valence-corrected chi connectivity index (χ2v) is 20.2. The molecule has 0 aromatic carbocycles. The summed E-state index contributed by atoms with van der Waals surface area (Å²) >= 11 is 3.58. The van der Waals surface area contributed by atoms with E-state index in [2.05, 4.69) is 86.3 Å². The van der Waals surface area contributed by atoms with Crippen molar-refractivity contribution < 1.29 is 17.7 Å². The maximum absolute atomic E-state index is 7.27. The van der Waals surface area contributed by atoms with Crippen LogP contribution >= 0.6 is 15.9 Å². The summed E-state index contributed by atoms with van der Waals surface area (Å²) in [5.74, 6) is 0.345. The first-order chi connectivity index (χ1) is 15.9. The van der Waals surface area contributed by atoms with Gasteiger partial charge in [0.1, 0.15) is 18.7 Å². The zero-order chi connectivity index (χ0) is 25.0. The van der Waals surface area contributed by atoms with E-state index < -0.39 is 17.1 Å². The second kappa shape index (κ2) is 9.52. The van der Waals surface area contributed by atoms with Gasteiger partial charge in [-0.1, -0.05) is 55.4 Å². The molecule has 2 fully saturated rings. The first-order valence-corrected chi connectivity index (χ1v) is 17.0. The van der Waals surface area contributed by atoms with Crippen LogP contribution in [0.1, 0.15) is 68.0 Å². The summed E-state index contributed by atoms with van der Waals surface area (Å²) < 4.78 is 30.4. The van der Waals surface area contributed by atoms with Crippen molar-refractivity contribution in [3.05, 3.63) is 11.1 Å². The van der Waals surface area contributed by atoms with Crippen LogP contribution in [0.5, 0.6) is 0 Å². The Morgan fingerprint density at radius 2 is 1.59 bits per heavy atom. The van der Waals surface area contributed by atoms with E-state index in [4.69, 9.17) is 23.4 Å². The highest BCUT2D eigenvalue weighted by Gasteiger charge is 2.60. The summed E-state index contributed by atoms with van der Waals surface area (Å²) in [5, 5.41) is 0. The Bertz CT molecular complexity index is 1020. The molecule has 0 saturated carbocycles. The van der Waals surface area contributed by atoms with Crippen molar-refractivity contribution in [2.75, 3.05) is 12.3 Å². The van der Waals surface area contributed by atoms with Crippen molar-refractivity contribution in [1.82, 2.24) is 19.5 Å². The van der Waals surface area contributed by atoms with Crippen molar-refractivity contribution in [2.24, 2.45) is 0 Å². The highest BCUT2D eigenvalue weighted by Crippen LogP contribution is 2.48. The van der Waals surface area contributed by atoms with E-state index >= 15 is 0 Å². The molecule has 9 nitrogen and oxygen atoms in total. The predicted octanol–water partition coefficient (Wildman–Crippen LogP) is 5.41. The molecule has 34 heavy (non-hydrogen) atoms. The lowest BCUT2D eigenvalue weighted by atomic mass is 10.2. The molecule has 12 heteroatoms. The van der Waals surface area contributed by atoms with Crippen molar-refractivity contribution in [3.8, 4) is 0 Å². The van der Waals surface area contributed by atoms with Gasteiger partial charge in [-0.2, -0.15) is 0 Å². The number of nitrogen functional groups attached to an aromatic ring is 1. The predicted molar refractivity (Wildman–Crippen MR) is 140 cm³/mol. The van der Waals surface area contributed by atoms with E-state index in [1.165, 1.54) is 6.33 Å². The monoisotopic (exact) mass is 571 g/mol. The number of halogens is 1. The molecule has 190 valence electrons. The zero-order valence-electron chi connectivity index (χ0n) is 21.4. The lowest BCUT2D eigenvalue weighted by molar-refractivity contribution is -0.0550. The number of nitrogens with two attached hydrogens (primary N) is 1. The van der Waals surface area contributed by atoms with Gasteiger partial charge in [0.15, 0.2) is 21.7 Å². The molecule has 4 heterocycles. The van der Waals surface area contributed by atoms with Gasteiger partial charge in [-0.05, 0) is 38.1 Å². The molecular formula is C22H38BrN5O4Si2. The molecule has 0 unspecified atom stereocenters. The molecule has 2 saturated heterocycles. The Hall–Kier alpha value is -0.896. The van der Waals surface area contributed by atoms with Gasteiger partial charge in [-0.3, -0.25) is 4.57 Å². The van der Waals surface area contributed by atoms with Gasteiger partial charge in [0.25, 0.3) is 0 Å². The SMILES string of the molecule is CC(C)[Si]1(C(C)C)OC[C@H]2O[C@@H](n3c(Br)nc4c(N)ncnc43)C[C@H]2O[Si](C(C)C)(C(C)C)O1. The number of ether oxygens (including phenoxy) is 1. The minimum atomic E-state index is -2.68. The summed E-state index contributed by atoms with van der Waals surface area (Å²) in [7, 11) is -5.28. The number of anilines is 1. The third-order valence-corrected chi connectivity index (χ3v) is 18.1. The van der Waals surface area contributed by atoms with Gasteiger partial charge < -0.3 is 23.4 Å². The van der Waals surface area contributed by atoms with E-state index in [0.717, 1.165) is 0 Å². The second-order valence-electron chi connectivity index (χ2n) is 10.7. The van der Waals surface area contributed by atoms with Crippen LogP contribution in [0.3, 0.4) is 0 Å². The first-order valence-electron chi connectivity index (χ1n) is 12.2. The Balaban J connectivity index is 1.75. The Morgan fingerprint density at radius 3 is 2.18 bits per heavy atom. The number of rotatable bonds is 5. The largest absolute Gasteiger partial charge is 0.414 e. The van der Waals surface area contributed by atoms with Gasteiger partial charge >= 0.3 is 17.1 Å². The molecular weight excluding hydrogens is 534 g/mol. The summed E-state index contributed by atoms with van der Waals surface area (Å²) in [5.41, 5.74) is 8.37. The van der Waals surface area contributed by atoms with E-state index in [9.17, 15) is 0 Å². The number of imidazole rings is 1. The molecule has 2 N–H and O–H groups in total. The molecule has 0 radical (unpaired) electrons. The van der Waals surface area contributed by atoms with Crippen molar-refractivity contribution >= 4 is 50.0 Å².